The lowest BCUT2D eigenvalue weighted by atomic mass is 10.2. The molecule has 31 heavy (non-hydrogen) atoms. The SMILES string of the molecule is CCc1noc(-c2ccc(OCC(=O)N3CCN(c4ccccc4OC)CC3)cc2)n1. The van der Waals surface area contributed by atoms with Gasteiger partial charge in [-0.3, -0.25) is 4.79 Å². The zero-order valence-corrected chi connectivity index (χ0v) is 17.8. The lowest BCUT2D eigenvalue weighted by Crippen LogP contribution is -2.50. The average molecular weight is 422 g/mol. The van der Waals surface area contributed by atoms with Crippen molar-refractivity contribution in [1.82, 2.24) is 15.0 Å². The van der Waals surface area contributed by atoms with Crippen LogP contribution in [0.5, 0.6) is 11.5 Å². The fourth-order valence-electron chi connectivity index (χ4n) is 3.53. The first-order chi connectivity index (χ1) is 15.2. The lowest BCUT2D eigenvalue weighted by molar-refractivity contribution is -0.133. The van der Waals surface area contributed by atoms with Crippen molar-refractivity contribution in [2.45, 2.75) is 13.3 Å². The van der Waals surface area contributed by atoms with Crippen LogP contribution in [0.25, 0.3) is 11.5 Å². The molecule has 2 aromatic carbocycles. The van der Waals surface area contributed by atoms with Crippen LogP contribution in [0.4, 0.5) is 5.69 Å². The Morgan fingerprint density at radius 2 is 1.81 bits per heavy atom. The molecule has 0 atom stereocenters. The van der Waals surface area contributed by atoms with Crippen molar-refractivity contribution in [3.63, 3.8) is 0 Å². The number of carbonyl (C=O) groups is 1. The fraction of sp³-hybridized carbons (Fsp3) is 0.348. The molecule has 1 amide bonds. The van der Waals surface area contributed by atoms with Crippen LogP contribution in [0.1, 0.15) is 12.7 Å². The summed E-state index contributed by atoms with van der Waals surface area (Å²) >= 11 is 0. The largest absolute Gasteiger partial charge is 0.495 e. The summed E-state index contributed by atoms with van der Waals surface area (Å²) < 4.78 is 16.4. The molecule has 0 N–H and O–H groups in total. The average Bonchev–Trinajstić information content (AvgIpc) is 3.32. The number of rotatable bonds is 7. The molecule has 1 saturated heterocycles. The van der Waals surface area contributed by atoms with Gasteiger partial charge in [0.2, 0.25) is 0 Å². The van der Waals surface area contributed by atoms with Crippen LogP contribution in [0.3, 0.4) is 0 Å². The number of nitrogens with zero attached hydrogens (tertiary/aromatic N) is 4. The molecule has 2 heterocycles. The van der Waals surface area contributed by atoms with Gasteiger partial charge in [0.25, 0.3) is 11.8 Å². The number of hydrogen-bond donors (Lipinski definition) is 0. The molecule has 4 rings (SSSR count). The van der Waals surface area contributed by atoms with Crippen LogP contribution >= 0.6 is 0 Å². The number of amides is 1. The third-order valence-corrected chi connectivity index (χ3v) is 5.31. The molecule has 8 heteroatoms. The van der Waals surface area contributed by atoms with Crippen molar-refractivity contribution < 1.29 is 18.8 Å². The summed E-state index contributed by atoms with van der Waals surface area (Å²) in [6, 6.07) is 15.2. The van der Waals surface area contributed by atoms with Gasteiger partial charge in [-0.25, -0.2) is 0 Å². The van der Waals surface area contributed by atoms with Gasteiger partial charge < -0.3 is 23.8 Å². The molecular formula is C23H26N4O4. The summed E-state index contributed by atoms with van der Waals surface area (Å²) in [4.78, 5) is 21.0. The van der Waals surface area contributed by atoms with E-state index in [9.17, 15) is 4.79 Å². The number of carbonyl (C=O) groups excluding carboxylic acids is 1. The van der Waals surface area contributed by atoms with Crippen molar-refractivity contribution in [2.75, 3.05) is 44.8 Å². The molecule has 8 nitrogen and oxygen atoms in total. The maximum absolute atomic E-state index is 12.6. The number of aryl methyl sites for hydroxylation is 1. The minimum Gasteiger partial charge on any atom is -0.495 e. The number of piperazine rings is 1. The van der Waals surface area contributed by atoms with Crippen LogP contribution in [-0.4, -0.2) is 60.8 Å². The third-order valence-electron chi connectivity index (χ3n) is 5.31. The van der Waals surface area contributed by atoms with Gasteiger partial charge in [0, 0.05) is 38.2 Å². The maximum Gasteiger partial charge on any atom is 0.260 e. The van der Waals surface area contributed by atoms with Gasteiger partial charge in [-0.2, -0.15) is 4.98 Å². The van der Waals surface area contributed by atoms with E-state index in [0.717, 1.165) is 36.5 Å². The second kappa shape index (κ2) is 9.51. The molecule has 1 aromatic heterocycles. The minimum absolute atomic E-state index is 0.00848. The summed E-state index contributed by atoms with van der Waals surface area (Å²) in [5.41, 5.74) is 1.87. The van der Waals surface area contributed by atoms with Crippen molar-refractivity contribution >= 4 is 11.6 Å². The smallest absolute Gasteiger partial charge is 0.260 e. The molecule has 1 aliphatic rings. The Kier molecular flexibility index (Phi) is 6.35. The molecule has 0 radical (unpaired) electrons. The van der Waals surface area contributed by atoms with Gasteiger partial charge in [0.05, 0.1) is 12.8 Å². The summed E-state index contributed by atoms with van der Waals surface area (Å²) in [6.07, 6.45) is 0.722. The van der Waals surface area contributed by atoms with Crippen molar-refractivity contribution in [3.05, 3.63) is 54.4 Å². The molecule has 0 bridgehead atoms. The topological polar surface area (TPSA) is 80.9 Å². The molecule has 162 valence electrons. The lowest BCUT2D eigenvalue weighted by Gasteiger charge is -2.36. The van der Waals surface area contributed by atoms with E-state index in [0.29, 0.717) is 30.6 Å². The maximum atomic E-state index is 12.6. The summed E-state index contributed by atoms with van der Waals surface area (Å²) in [7, 11) is 1.67. The van der Waals surface area contributed by atoms with Gasteiger partial charge in [0.15, 0.2) is 12.4 Å². The Hall–Kier alpha value is -3.55. The van der Waals surface area contributed by atoms with Crippen LogP contribution in [0, 0.1) is 0 Å². The number of aromatic nitrogens is 2. The highest BCUT2D eigenvalue weighted by molar-refractivity contribution is 5.78. The molecule has 1 aliphatic heterocycles. The third kappa shape index (κ3) is 4.79. The standard InChI is InChI=1S/C23H26N4O4/c1-3-21-24-23(31-25-21)17-8-10-18(11-9-17)30-16-22(28)27-14-12-26(13-15-27)19-6-4-5-7-20(19)29-2/h4-11H,3,12-16H2,1-2H3. The number of benzene rings is 2. The Morgan fingerprint density at radius 1 is 1.06 bits per heavy atom. The van der Waals surface area contributed by atoms with E-state index >= 15 is 0 Å². The minimum atomic E-state index is -0.0201. The number of anilines is 1. The van der Waals surface area contributed by atoms with Crippen molar-refractivity contribution in [3.8, 4) is 23.0 Å². The Labute approximate surface area is 181 Å². The zero-order chi connectivity index (χ0) is 21.6. The molecular weight excluding hydrogens is 396 g/mol. The van der Waals surface area contributed by atoms with Crippen molar-refractivity contribution in [2.24, 2.45) is 0 Å². The second-order valence-corrected chi connectivity index (χ2v) is 7.22. The van der Waals surface area contributed by atoms with Gasteiger partial charge in [-0.05, 0) is 36.4 Å². The zero-order valence-electron chi connectivity index (χ0n) is 17.8. The number of ether oxygens (including phenoxy) is 2. The molecule has 0 aliphatic carbocycles. The summed E-state index contributed by atoms with van der Waals surface area (Å²) in [5, 5.41) is 3.90. The normalized spacial score (nSPS) is 13.9. The van der Waals surface area contributed by atoms with Gasteiger partial charge >= 0.3 is 0 Å². The van der Waals surface area contributed by atoms with E-state index in [1.54, 1.807) is 19.2 Å². The van der Waals surface area contributed by atoms with Crippen LogP contribution in [0.15, 0.2) is 53.1 Å². The Balaban J connectivity index is 1.27. The first kappa shape index (κ1) is 20.7. The summed E-state index contributed by atoms with van der Waals surface area (Å²) in [5.74, 6) is 2.60. The monoisotopic (exact) mass is 422 g/mol. The van der Waals surface area contributed by atoms with E-state index in [4.69, 9.17) is 14.0 Å². The predicted octanol–water partition coefficient (Wildman–Crippen LogP) is 3.04. The molecule has 0 saturated carbocycles. The predicted molar refractivity (Wildman–Crippen MR) is 116 cm³/mol. The number of hydrogen-bond acceptors (Lipinski definition) is 7. The molecule has 0 spiro atoms. The molecule has 3 aromatic rings. The first-order valence-electron chi connectivity index (χ1n) is 10.4. The van der Waals surface area contributed by atoms with E-state index in [2.05, 4.69) is 15.0 Å². The Morgan fingerprint density at radius 3 is 2.48 bits per heavy atom. The molecule has 0 unspecified atom stereocenters. The van der Waals surface area contributed by atoms with Crippen LogP contribution in [-0.2, 0) is 11.2 Å². The highest BCUT2D eigenvalue weighted by atomic mass is 16.5. The van der Waals surface area contributed by atoms with Crippen molar-refractivity contribution in [1.29, 1.82) is 0 Å². The van der Waals surface area contributed by atoms with Crippen LogP contribution in [0.2, 0.25) is 0 Å². The quantitative estimate of drug-likeness (QED) is 0.579. The van der Waals surface area contributed by atoms with Gasteiger partial charge in [-0.1, -0.05) is 24.2 Å². The Bertz CT molecular complexity index is 1010. The highest BCUT2D eigenvalue weighted by Gasteiger charge is 2.23. The summed E-state index contributed by atoms with van der Waals surface area (Å²) in [6.45, 7) is 4.79. The highest BCUT2D eigenvalue weighted by Crippen LogP contribution is 2.28. The van der Waals surface area contributed by atoms with Gasteiger partial charge in [0.1, 0.15) is 11.5 Å². The number of para-hydroxylation sites is 2. The van der Waals surface area contributed by atoms with E-state index < -0.39 is 0 Å². The van der Waals surface area contributed by atoms with Gasteiger partial charge in [-0.15, -0.1) is 0 Å². The van der Waals surface area contributed by atoms with E-state index in [1.165, 1.54) is 0 Å². The first-order valence-corrected chi connectivity index (χ1v) is 10.4. The number of methoxy groups -OCH3 is 1. The van der Waals surface area contributed by atoms with Crippen LogP contribution < -0.4 is 14.4 Å². The van der Waals surface area contributed by atoms with E-state index in [1.807, 2.05) is 48.2 Å². The second-order valence-electron chi connectivity index (χ2n) is 7.22. The molecule has 1 fully saturated rings. The fourth-order valence-corrected chi connectivity index (χ4v) is 3.53. The van der Waals surface area contributed by atoms with E-state index in [-0.39, 0.29) is 12.5 Å².